The SMILES string of the molecule is C=CC(=C)c1ccc(C)s1. The molecule has 1 heterocycles. The number of allylic oxidation sites excluding steroid dienone is 2. The number of hydrogen-bond acceptors (Lipinski definition) is 1. The van der Waals surface area contributed by atoms with Crippen LogP contribution in [-0.2, 0) is 0 Å². The minimum absolute atomic E-state index is 1.01. The molecule has 0 N–H and O–H groups in total. The lowest BCUT2D eigenvalue weighted by Gasteiger charge is -1.89. The minimum Gasteiger partial charge on any atom is -0.141 e. The second-order valence-corrected chi connectivity index (χ2v) is 3.43. The maximum absolute atomic E-state index is 3.85. The van der Waals surface area contributed by atoms with Gasteiger partial charge in [0.15, 0.2) is 0 Å². The van der Waals surface area contributed by atoms with Gasteiger partial charge >= 0.3 is 0 Å². The third kappa shape index (κ3) is 1.36. The number of rotatable bonds is 2. The van der Waals surface area contributed by atoms with Crippen LogP contribution >= 0.6 is 11.3 Å². The summed E-state index contributed by atoms with van der Waals surface area (Å²) in [5.74, 6) is 0. The zero-order valence-corrected chi connectivity index (χ0v) is 6.87. The molecule has 0 fully saturated rings. The first-order valence-electron chi connectivity index (χ1n) is 3.12. The second-order valence-electron chi connectivity index (χ2n) is 2.14. The highest BCUT2D eigenvalue weighted by molar-refractivity contribution is 7.13. The molecular weight excluding hydrogens is 140 g/mol. The van der Waals surface area contributed by atoms with Gasteiger partial charge in [0.2, 0.25) is 0 Å². The molecule has 0 aliphatic rings. The number of thiophene rings is 1. The van der Waals surface area contributed by atoms with Crippen molar-refractivity contribution in [2.75, 3.05) is 0 Å². The monoisotopic (exact) mass is 150 g/mol. The Balaban J connectivity index is 2.95. The molecule has 0 aliphatic carbocycles. The van der Waals surface area contributed by atoms with Gasteiger partial charge < -0.3 is 0 Å². The third-order valence-electron chi connectivity index (χ3n) is 1.30. The van der Waals surface area contributed by atoms with Crippen LogP contribution in [0.5, 0.6) is 0 Å². The van der Waals surface area contributed by atoms with Crippen LogP contribution < -0.4 is 0 Å². The highest BCUT2D eigenvalue weighted by atomic mass is 32.1. The molecule has 0 amide bonds. The van der Waals surface area contributed by atoms with Gasteiger partial charge in [-0.05, 0) is 24.6 Å². The maximum Gasteiger partial charge on any atom is 0.0339 e. The van der Waals surface area contributed by atoms with E-state index in [1.165, 1.54) is 9.75 Å². The van der Waals surface area contributed by atoms with Gasteiger partial charge in [-0.1, -0.05) is 19.2 Å². The molecule has 1 aromatic heterocycles. The summed E-state index contributed by atoms with van der Waals surface area (Å²) in [5.41, 5.74) is 1.01. The molecule has 52 valence electrons. The number of aryl methyl sites for hydroxylation is 1. The molecule has 0 atom stereocenters. The fourth-order valence-electron chi connectivity index (χ4n) is 0.708. The summed E-state index contributed by atoms with van der Waals surface area (Å²) < 4.78 is 0. The predicted molar refractivity (Wildman–Crippen MR) is 48.3 cm³/mol. The van der Waals surface area contributed by atoms with Crippen LogP contribution in [0, 0.1) is 6.92 Å². The van der Waals surface area contributed by atoms with E-state index < -0.39 is 0 Å². The van der Waals surface area contributed by atoms with Crippen LogP contribution in [0.2, 0.25) is 0 Å². The number of hydrogen-bond donors (Lipinski definition) is 0. The molecule has 0 bridgehead atoms. The predicted octanol–water partition coefficient (Wildman–Crippen LogP) is 3.26. The van der Waals surface area contributed by atoms with Crippen LogP contribution in [0.3, 0.4) is 0 Å². The molecule has 0 radical (unpaired) electrons. The Morgan fingerprint density at radius 1 is 1.60 bits per heavy atom. The van der Waals surface area contributed by atoms with Crippen molar-refractivity contribution in [3.8, 4) is 0 Å². The van der Waals surface area contributed by atoms with E-state index in [0.29, 0.717) is 0 Å². The molecule has 1 aromatic rings. The van der Waals surface area contributed by atoms with Crippen LogP contribution in [0.4, 0.5) is 0 Å². The summed E-state index contributed by atoms with van der Waals surface area (Å²) >= 11 is 1.75. The third-order valence-corrected chi connectivity index (χ3v) is 2.38. The van der Waals surface area contributed by atoms with Crippen LogP contribution in [0.15, 0.2) is 31.4 Å². The van der Waals surface area contributed by atoms with E-state index in [2.05, 4.69) is 32.2 Å². The molecule has 0 spiro atoms. The van der Waals surface area contributed by atoms with Crippen molar-refractivity contribution >= 4 is 16.9 Å². The highest BCUT2D eigenvalue weighted by Crippen LogP contribution is 2.22. The summed E-state index contributed by atoms with van der Waals surface area (Å²) in [6.45, 7) is 9.59. The first-order chi connectivity index (χ1) is 4.74. The van der Waals surface area contributed by atoms with Crippen molar-refractivity contribution in [3.63, 3.8) is 0 Å². The zero-order chi connectivity index (χ0) is 7.56. The Morgan fingerprint density at radius 2 is 2.30 bits per heavy atom. The lowest BCUT2D eigenvalue weighted by Crippen LogP contribution is -1.65. The van der Waals surface area contributed by atoms with Gasteiger partial charge in [-0.15, -0.1) is 11.3 Å². The quantitative estimate of drug-likeness (QED) is 0.568. The van der Waals surface area contributed by atoms with Crippen molar-refractivity contribution < 1.29 is 0 Å². The van der Waals surface area contributed by atoms with Gasteiger partial charge in [-0.2, -0.15) is 0 Å². The van der Waals surface area contributed by atoms with E-state index in [1.807, 2.05) is 0 Å². The van der Waals surface area contributed by atoms with Crippen LogP contribution in [-0.4, -0.2) is 0 Å². The van der Waals surface area contributed by atoms with Gasteiger partial charge in [-0.25, -0.2) is 0 Å². The molecule has 10 heavy (non-hydrogen) atoms. The van der Waals surface area contributed by atoms with Gasteiger partial charge in [0.25, 0.3) is 0 Å². The Morgan fingerprint density at radius 3 is 2.70 bits per heavy atom. The van der Waals surface area contributed by atoms with E-state index in [-0.39, 0.29) is 0 Å². The minimum atomic E-state index is 1.01. The molecule has 1 rings (SSSR count). The van der Waals surface area contributed by atoms with Gasteiger partial charge in [0.1, 0.15) is 0 Å². The van der Waals surface area contributed by atoms with Crippen molar-refractivity contribution in [3.05, 3.63) is 41.1 Å². The zero-order valence-electron chi connectivity index (χ0n) is 6.05. The smallest absolute Gasteiger partial charge is 0.0339 e. The topological polar surface area (TPSA) is 0 Å². The summed E-state index contributed by atoms with van der Waals surface area (Å²) in [4.78, 5) is 2.53. The molecule has 0 unspecified atom stereocenters. The molecule has 1 heteroatoms. The maximum atomic E-state index is 3.85. The van der Waals surface area contributed by atoms with E-state index in [4.69, 9.17) is 0 Å². The lowest BCUT2D eigenvalue weighted by molar-refractivity contribution is 1.64. The molecule has 0 nitrogen and oxygen atoms in total. The van der Waals surface area contributed by atoms with Crippen molar-refractivity contribution in [2.45, 2.75) is 6.92 Å². The second kappa shape index (κ2) is 2.84. The fraction of sp³-hybridized carbons (Fsp3) is 0.111. The summed E-state index contributed by atoms with van der Waals surface area (Å²) in [5, 5.41) is 0. The largest absolute Gasteiger partial charge is 0.141 e. The average molecular weight is 150 g/mol. The highest BCUT2D eigenvalue weighted by Gasteiger charge is 1.95. The standard InChI is InChI=1S/C9H10S/c1-4-7(2)9-6-5-8(3)10-9/h4-6H,1-2H2,3H3. The lowest BCUT2D eigenvalue weighted by atomic mass is 10.2. The van der Waals surface area contributed by atoms with Gasteiger partial charge in [-0.3, -0.25) is 0 Å². The first-order valence-corrected chi connectivity index (χ1v) is 3.94. The van der Waals surface area contributed by atoms with Gasteiger partial charge in [0, 0.05) is 9.75 Å². The van der Waals surface area contributed by atoms with Crippen LogP contribution in [0.1, 0.15) is 9.75 Å². The van der Waals surface area contributed by atoms with E-state index in [1.54, 1.807) is 17.4 Å². The Bertz CT molecular complexity index is 255. The van der Waals surface area contributed by atoms with Crippen molar-refractivity contribution in [2.24, 2.45) is 0 Å². The average Bonchev–Trinajstić information content (AvgIpc) is 2.34. The molecule has 0 aliphatic heterocycles. The normalized spacial score (nSPS) is 9.30. The van der Waals surface area contributed by atoms with E-state index >= 15 is 0 Å². The van der Waals surface area contributed by atoms with Gasteiger partial charge in [0.05, 0.1) is 0 Å². The van der Waals surface area contributed by atoms with Crippen LogP contribution in [0.25, 0.3) is 5.57 Å². The Hall–Kier alpha value is -0.820. The van der Waals surface area contributed by atoms with E-state index in [9.17, 15) is 0 Å². The molecule has 0 aromatic carbocycles. The molecular formula is C9H10S. The Labute approximate surface area is 65.5 Å². The van der Waals surface area contributed by atoms with E-state index in [0.717, 1.165) is 5.57 Å². The molecule has 0 saturated heterocycles. The summed E-state index contributed by atoms with van der Waals surface area (Å²) in [7, 11) is 0. The summed E-state index contributed by atoms with van der Waals surface area (Å²) in [6, 6.07) is 4.17. The fourth-order valence-corrected chi connectivity index (χ4v) is 1.54. The summed E-state index contributed by atoms with van der Waals surface area (Å²) in [6.07, 6.45) is 1.78. The first kappa shape index (κ1) is 7.29. The Kier molecular flexibility index (Phi) is 2.07. The van der Waals surface area contributed by atoms with Crippen molar-refractivity contribution in [1.29, 1.82) is 0 Å². The van der Waals surface area contributed by atoms with Crippen molar-refractivity contribution in [1.82, 2.24) is 0 Å². The molecule has 0 saturated carbocycles.